The summed E-state index contributed by atoms with van der Waals surface area (Å²) in [4.78, 5) is 28.0. The predicted octanol–water partition coefficient (Wildman–Crippen LogP) is 5.43. The highest BCUT2D eigenvalue weighted by Gasteiger charge is 2.36. The number of halogens is 4. The number of carbonyl (C=O) groups excluding carboxylic acids is 1. The Morgan fingerprint density at radius 2 is 1.90 bits per heavy atom. The highest BCUT2D eigenvalue weighted by atomic mass is 35.5. The van der Waals surface area contributed by atoms with Crippen LogP contribution < -0.4 is 5.32 Å². The van der Waals surface area contributed by atoms with Crippen LogP contribution in [0.4, 0.5) is 13.2 Å². The standard InChI is InChI=1S/C20H14ClF3N2O3S/c21-12-5-3-4-11(8-12)19-26-16(10-30-19)18(29)25-15(9-17(27)28)13-6-1-2-7-14(13)20(22,23)24/h1-8,10,15H,9H2,(H,25,29)(H,27,28)/t15-/m0/s1. The fourth-order valence-corrected chi connectivity index (χ4v) is 3.82. The Labute approximate surface area is 178 Å². The van der Waals surface area contributed by atoms with Crippen LogP contribution in [0, 0.1) is 0 Å². The lowest BCUT2D eigenvalue weighted by atomic mass is 9.97. The maximum Gasteiger partial charge on any atom is 0.416 e. The first-order valence-electron chi connectivity index (χ1n) is 8.55. The molecule has 0 unspecified atom stereocenters. The van der Waals surface area contributed by atoms with Crippen molar-refractivity contribution in [2.75, 3.05) is 0 Å². The molecule has 156 valence electrons. The molecule has 5 nitrogen and oxygen atoms in total. The molecule has 1 atom stereocenters. The second-order valence-electron chi connectivity index (χ2n) is 6.26. The minimum absolute atomic E-state index is 0.0325. The third-order valence-electron chi connectivity index (χ3n) is 4.13. The molecule has 10 heteroatoms. The van der Waals surface area contributed by atoms with Crippen molar-refractivity contribution in [1.82, 2.24) is 10.3 Å². The van der Waals surface area contributed by atoms with Gasteiger partial charge in [0.25, 0.3) is 5.91 Å². The first-order chi connectivity index (χ1) is 14.1. The number of rotatable bonds is 6. The van der Waals surface area contributed by atoms with E-state index in [1.165, 1.54) is 17.5 Å². The van der Waals surface area contributed by atoms with Crippen molar-refractivity contribution in [3.05, 3.63) is 75.8 Å². The van der Waals surface area contributed by atoms with Crippen molar-refractivity contribution in [1.29, 1.82) is 0 Å². The Balaban J connectivity index is 1.88. The molecule has 1 amide bonds. The maximum atomic E-state index is 13.3. The fourth-order valence-electron chi connectivity index (χ4n) is 2.84. The van der Waals surface area contributed by atoms with E-state index in [-0.39, 0.29) is 11.3 Å². The van der Waals surface area contributed by atoms with Crippen LogP contribution in [-0.4, -0.2) is 22.0 Å². The SMILES string of the molecule is O=C(O)C[C@H](NC(=O)c1csc(-c2cccc(Cl)c2)n1)c1ccccc1C(F)(F)F. The van der Waals surface area contributed by atoms with Crippen molar-refractivity contribution in [3.63, 3.8) is 0 Å². The Morgan fingerprint density at radius 1 is 1.17 bits per heavy atom. The van der Waals surface area contributed by atoms with Gasteiger partial charge in [0.2, 0.25) is 0 Å². The summed E-state index contributed by atoms with van der Waals surface area (Å²) >= 11 is 7.11. The molecule has 2 N–H and O–H groups in total. The summed E-state index contributed by atoms with van der Waals surface area (Å²) < 4.78 is 40.0. The zero-order valence-electron chi connectivity index (χ0n) is 15.1. The Kier molecular flexibility index (Phi) is 6.42. The molecule has 0 bridgehead atoms. The van der Waals surface area contributed by atoms with E-state index >= 15 is 0 Å². The molecule has 3 aromatic rings. The highest BCUT2D eigenvalue weighted by Crippen LogP contribution is 2.35. The number of aliphatic carboxylic acids is 1. The van der Waals surface area contributed by atoms with Gasteiger partial charge in [0.1, 0.15) is 10.7 Å². The zero-order chi connectivity index (χ0) is 21.9. The largest absolute Gasteiger partial charge is 0.481 e. The van der Waals surface area contributed by atoms with Gasteiger partial charge >= 0.3 is 12.1 Å². The van der Waals surface area contributed by atoms with Gasteiger partial charge in [-0.25, -0.2) is 4.98 Å². The maximum absolute atomic E-state index is 13.3. The number of hydrogen-bond acceptors (Lipinski definition) is 4. The van der Waals surface area contributed by atoms with Gasteiger partial charge in [-0.15, -0.1) is 11.3 Å². The smallest absolute Gasteiger partial charge is 0.416 e. The molecule has 2 aromatic carbocycles. The van der Waals surface area contributed by atoms with Gasteiger partial charge in [-0.1, -0.05) is 41.9 Å². The molecule has 0 aliphatic heterocycles. The molecule has 0 aliphatic rings. The van der Waals surface area contributed by atoms with Crippen molar-refractivity contribution in [2.24, 2.45) is 0 Å². The molecule has 0 saturated carbocycles. The van der Waals surface area contributed by atoms with Crippen LogP contribution in [0.25, 0.3) is 10.6 Å². The molecule has 0 saturated heterocycles. The van der Waals surface area contributed by atoms with Crippen molar-refractivity contribution < 1.29 is 27.9 Å². The van der Waals surface area contributed by atoms with Crippen molar-refractivity contribution in [3.8, 4) is 10.6 Å². The number of benzene rings is 2. The van der Waals surface area contributed by atoms with Gasteiger partial charge in [0.05, 0.1) is 18.0 Å². The van der Waals surface area contributed by atoms with Crippen LogP contribution in [0.3, 0.4) is 0 Å². The molecule has 30 heavy (non-hydrogen) atoms. The first-order valence-corrected chi connectivity index (χ1v) is 9.81. The van der Waals surface area contributed by atoms with E-state index in [2.05, 4.69) is 10.3 Å². The minimum Gasteiger partial charge on any atom is -0.481 e. The number of nitrogens with zero attached hydrogens (tertiary/aromatic N) is 1. The summed E-state index contributed by atoms with van der Waals surface area (Å²) in [6.07, 6.45) is -5.41. The van der Waals surface area contributed by atoms with E-state index in [4.69, 9.17) is 16.7 Å². The quantitative estimate of drug-likeness (QED) is 0.520. The Hall–Kier alpha value is -2.91. The summed E-state index contributed by atoms with van der Waals surface area (Å²) in [5.41, 5.74) is -0.689. The number of hydrogen-bond donors (Lipinski definition) is 2. The van der Waals surface area contributed by atoms with Crippen molar-refractivity contribution >= 4 is 34.8 Å². The number of nitrogens with one attached hydrogen (secondary N) is 1. The average Bonchev–Trinajstić information content (AvgIpc) is 3.17. The van der Waals surface area contributed by atoms with Crippen LogP contribution in [-0.2, 0) is 11.0 Å². The van der Waals surface area contributed by atoms with Crippen LogP contribution >= 0.6 is 22.9 Å². The molecule has 0 fully saturated rings. The second-order valence-corrected chi connectivity index (χ2v) is 7.55. The fraction of sp³-hybridized carbons (Fsp3) is 0.150. The first kappa shape index (κ1) is 21.8. The lowest BCUT2D eigenvalue weighted by Crippen LogP contribution is -2.32. The number of carbonyl (C=O) groups is 2. The normalized spacial score (nSPS) is 12.4. The summed E-state index contributed by atoms with van der Waals surface area (Å²) in [5, 5.41) is 13.9. The number of aromatic nitrogens is 1. The van der Waals surface area contributed by atoms with Gasteiger partial charge in [-0.05, 0) is 23.8 Å². The molecule has 1 heterocycles. The van der Waals surface area contributed by atoms with E-state index < -0.39 is 36.1 Å². The lowest BCUT2D eigenvalue weighted by molar-refractivity contribution is -0.140. The third kappa shape index (κ3) is 5.17. The summed E-state index contributed by atoms with van der Waals surface area (Å²) in [6.45, 7) is 0. The van der Waals surface area contributed by atoms with E-state index in [1.54, 1.807) is 24.3 Å². The molecule has 0 aliphatic carbocycles. The van der Waals surface area contributed by atoms with Crippen molar-refractivity contribution in [2.45, 2.75) is 18.6 Å². The van der Waals surface area contributed by atoms with Gasteiger partial charge < -0.3 is 10.4 Å². The number of thiazole rings is 1. The van der Waals surface area contributed by atoms with E-state index in [0.717, 1.165) is 23.5 Å². The molecular formula is C20H14ClF3N2O3S. The summed E-state index contributed by atoms with van der Waals surface area (Å²) in [6, 6.07) is 9.97. The average molecular weight is 455 g/mol. The Bertz CT molecular complexity index is 1080. The monoisotopic (exact) mass is 454 g/mol. The zero-order valence-corrected chi connectivity index (χ0v) is 16.7. The van der Waals surface area contributed by atoms with Gasteiger partial charge in [0.15, 0.2) is 0 Å². The van der Waals surface area contributed by atoms with Crippen LogP contribution in [0.1, 0.15) is 34.1 Å². The number of carboxylic acids is 1. The van der Waals surface area contributed by atoms with Crippen LogP contribution in [0.2, 0.25) is 5.02 Å². The van der Waals surface area contributed by atoms with E-state index in [1.807, 2.05) is 0 Å². The summed E-state index contributed by atoms with van der Waals surface area (Å²) in [5.74, 6) is -2.13. The van der Waals surface area contributed by atoms with Crippen LogP contribution in [0.15, 0.2) is 53.9 Å². The van der Waals surface area contributed by atoms with Crippen LogP contribution in [0.5, 0.6) is 0 Å². The van der Waals surface area contributed by atoms with E-state index in [0.29, 0.717) is 15.6 Å². The molecule has 0 radical (unpaired) electrons. The lowest BCUT2D eigenvalue weighted by Gasteiger charge is -2.21. The summed E-state index contributed by atoms with van der Waals surface area (Å²) in [7, 11) is 0. The van der Waals surface area contributed by atoms with E-state index in [9.17, 15) is 22.8 Å². The second kappa shape index (κ2) is 8.85. The molecular weight excluding hydrogens is 441 g/mol. The minimum atomic E-state index is -4.70. The number of alkyl halides is 3. The van der Waals surface area contributed by atoms with Gasteiger partial charge in [-0.3, -0.25) is 9.59 Å². The van der Waals surface area contributed by atoms with Gasteiger partial charge in [-0.2, -0.15) is 13.2 Å². The molecule has 0 spiro atoms. The highest BCUT2D eigenvalue weighted by molar-refractivity contribution is 7.13. The van der Waals surface area contributed by atoms with Gasteiger partial charge in [0, 0.05) is 16.0 Å². The molecule has 1 aromatic heterocycles. The number of amides is 1. The molecule has 3 rings (SSSR count). The Morgan fingerprint density at radius 3 is 2.57 bits per heavy atom. The topological polar surface area (TPSA) is 79.3 Å². The third-order valence-corrected chi connectivity index (χ3v) is 5.26. The number of carboxylic acid groups (broad SMARTS) is 1. The predicted molar refractivity (Wildman–Crippen MR) is 106 cm³/mol.